The van der Waals surface area contributed by atoms with Gasteiger partial charge in [0, 0.05) is 30.2 Å². The predicted octanol–water partition coefficient (Wildman–Crippen LogP) is 3.83. The zero-order chi connectivity index (χ0) is 14.8. The third kappa shape index (κ3) is 3.06. The van der Waals surface area contributed by atoms with Crippen LogP contribution in [0.3, 0.4) is 0 Å². The molecule has 3 aromatic rings. The Hall–Kier alpha value is -1.92. The van der Waals surface area contributed by atoms with Gasteiger partial charge in [0.25, 0.3) is 0 Å². The van der Waals surface area contributed by atoms with E-state index in [2.05, 4.69) is 24.1 Å². The van der Waals surface area contributed by atoms with E-state index < -0.39 is 0 Å². The topological polar surface area (TPSA) is 38.6 Å². The van der Waals surface area contributed by atoms with Gasteiger partial charge in [0.15, 0.2) is 4.96 Å². The molecule has 0 atom stereocenters. The van der Waals surface area contributed by atoms with Gasteiger partial charge in [-0.15, -0.1) is 11.3 Å². The Labute approximate surface area is 126 Å². The lowest BCUT2D eigenvalue weighted by atomic mass is 10.3. The van der Waals surface area contributed by atoms with E-state index in [0.29, 0.717) is 24.2 Å². The summed E-state index contributed by atoms with van der Waals surface area (Å²) in [6.07, 6.45) is 1.96. The lowest BCUT2D eigenvalue weighted by Gasteiger charge is -2.09. The molecule has 0 aliphatic rings. The maximum absolute atomic E-state index is 13.3. The number of rotatable bonds is 5. The Kier molecular flexibility index (Phi) is 3.90. The fraction of sp³-hybridized carbons (Fsp3) is 0.267. The standard InChI is InChI=1S/C15H16FN3OS/c1-10(2)17-9-13-14(18-15-19(13)6-7-21-15)20-12-5-3-4-11(16)8-12/h3-8,10,17H,9H2,1-2H3. The fourth-order valence-electron chi connectivity index (χ4n) is 2.00. The van der Waals surface area contributed by atoms with Crippen molar-refractivity contribution in [3.8, 4) is 11.6 Å². The number of thiazole rings is 1. The Morgan fingerprint density at radius 3 is 3.05 bits per heavy atom. The average Bonchev–Trinajstić information content (AvgIpc) is 2.97. The Morgan fingerprint density at radius 1 is 1.43 bits per heavy atom. The van der Waals surface area contributed by atoms with Gasteiger partial charge in [-0.05, 0) is 12.1 Å². The molecule has 0 fully saturated rings. The minimum atomic E-state index is -0.324. The molecule has 0 saturated heterocycles. The van der Waals surface area contributed by atoms with Crippen LogP contribution in [0.4, 0.5) is 4.39 Å². The number of benzene rings is 1. The largest absolute Gasteiger partial charge is 0.437 e. The van der Waals surface area contributed by atoms with Crippen LogP contribution in [-0.2, 0) is 6.54 Å². The first-order chi connectivity index (χ1) is 10.1. The van der Waals surface area contributed by atoms with Crippen molar-refractivity contribution in [3.05, 3.63) is 47.4 Å². The van der Waals surface area contributed by atoms with Crippen LogP contribution >= 0.6 is 11.3 Å². The molecule has 0 spiro atoms. The Morgan fingerprint density at radius 2 is 2.29 bits per heavy atom. The molecule has 1 aromatic carbocycles. The smallest absolute Gasteiger partial charge is 0.243 e. The monoisotopic (exact) mass is 305 g/mol. The van der Waals surface area contributed by atoms with Crippen molar-refractivity contribution in [3.63, 3.8) is 0 Å². The van der Waals surface area contributed by atoms with Crippen molar-refractivity contribution in [2.75, 3.05) is 0 Å². The van der Waals surface area contributed by atoms with Gasteiger partial charge in [0.1, 0.15) is 17.3 Å². The molecule has 0 unspecified atom stereocenters. The number of halogens is 1. The van der Waals surface area contributed by atoms with Gasteiger partial charge in [-0.25, -0.2) is 4.39 Å². The van der Waals surface area contributed by atoms with Gasteiger partial charge in [0.2, 0.25) is 5.88 Å². The first kappa shape index (κ1) is 14.0. The normalized spacial score (nSPS) is 11.4. The molecule has 0 amide bonds. The molecule has 0 bridgehead atoms. The number of hydrogen-bond donors (Lipinski definition) is 1. The van der Waals surface area contributed by atoms with Gasteiger partial charge in [-0.3, -0.25) is 4.40 Å². The summed E-state index contributed by atoms with van der Waals surface area (Å²) in [6.45, 7) is 4.80. The van der Waals surface area contributed by atoms with Crippen LogP contribution < -0.4 is 10.1 Å². The van der Waals surface area contributed by atoms with E-state index in [-0.39, 0.29) is 5.82 Å². The summed E-state index contributed by atoms with van der Waals surface area (Å²) < 4.78 is 21.0. The van der Waals surface area contributed by atoms with E-state index in [1.165, 1.54) is 12.1 Å². The minimum Gasteiger partial charge on any atom is -0.437 e. The molecule has 6 heteroatoms. The predicted molar refractivity (Wildman–Crippen MR) is 81.5 cm³/mol. The third-order valence-corrected chi connectivity index (χ3v) is 3.77. The number of hydrogen-bond acceptors (Lipinski definition) is 4. The number of nitrogens with zero attached hydrogens (tertiary/aromatic N) is 2. The van der Waals surface area contributed by atoms with E-state index in [9.17, 15) is 4.39 Å². The Balaban J connectivity index is 1.93. The molecule has 0 aliphatic heterocycles. The molecule has 110 valence electrons. The average molecular weight is 305 g/mol. The Bertz CT molecular complexity index is 750. The van der Waals surface area contributed by atoms with E-state index in [1.54, 1.807) is 23.5 Å². The maximum atomic E-state index is 13.3. The van der Waals surface area contributed by atoms with Crippen LogP contribution in [-0.4, -0.2) is 15.4 Å². The van der Waals surface area contributed by atoms with Crippen LogP contribution in [0, 0.1) is 5.82 Å². The molecular weight excluding hydrogens is 289 g/mol. The summed E-state index contributed by atoms with van der Waals surface area (Å²) in [5.74, 6) is 0.641. The van der Waals surface area contributed by atoms with Crippen molar-refractivity contribution < 1.29 is 9.13 Å². The minimum absolute atomic E-state index is 0.324. The second-order valence-electron chi connectivity index (χ2n) is 5.01. The van der Waals surface area contributed by atoms with E-state index in [4.69, 9.17) is 4.74 Å². The number of fused-ring (bicyclic) bond motifs is 1. The van der Waals surface area contributed by atoms with E-state index >= 15 is 0 Å². The van der Waals surface area contributed by atoms with Gasteiger partial charge in [0.05, 0.1) is 0 Å². The molecular formula is C15H16FN3OS. The molecule has 3 rings (SSSR count). The lowest BCUT2D eigenvalue weighted by Crippen LogP contribution is -2.22. The molecule has 2 aromatic heterocycles. The highest BCUT2D eigenvalue weighted by atomic mass is 32.1. The van der Waals surface area contributed by atoms with Crippen molar-refractivity contribution >= 4 is 16.3 Å². The van der Waals surface area contributed by atoms with Crippen molar-refractivity contribution in [2.45, 2.75) is 26.4 Å². The lowest BCUT2D eigenvalue weighted by molar-refractivity contribution is 0.448. The van der Waals surface area contributed by atoms with Crippen molar-refractivity contribution in [1.82, 2.24) is 14.7 Å². The van der Waals surface area contributed by atoms with Crippen LogP contribution in [0.1, 0.15) is 19.5 Å². The highest BCUT2D eigenvalue weighted by Gasteiger charge is 2.15. The zero-order valence-corrected chi connectivity index (χ0v) is 12.7. The summed E-state index contributed by atoms with van der Waals surface area (Å²) in [4.78, 5) is 5.34. The first-order valence-corrected chi connectivity index (χ1v) is 7.62. The highest BCUT2D eigenvalue weighted by molar-refractivity contribution is 7.15. The summed E-state index contributed by atoms with van der Waals surface area (Å²) >= 11 is 1.54. The summed E-state index contributed by atoms with van der Waals surface area (Å²) in [6, 6.07) is 6.44. The number of nitrogens with one attached hydrogen (secondary N) is 1. The highest BCUT2D eigenvalue weighted by Crippen LogP contribution is 2.28. The van der Waals surface area contributed by atoms with Gasteiger partial charge < -0.3 is 10.1 Å². The van der Waals surface area contributed by atoms with Crippen LogP contribution in [0.5, 0.6) is 11.6 Å². The zero-order valence-electron chi connectivity index (χ0n) is 11.8. The second kappa shape index (κ2) is 5.83. The maximum Gasteiger partial charge on any atom is 0.243 e. The SMILES string of the molecule is CC(C)NCc1c(Oc2cccc(F)c2)nc2sccn12. The summed E-state index contributed by atoms with van der Waals surface area (Å²) in [5.41, 5.74) is 0.934. The van der Waals surface area contributed by atoms with Crippen molar-refractivity contribution in [1.29, 1.82) is 0 Å². The number of ether oxygens (including phenoxy) is 1. The number of imidazole rings is 1. The van der Waals surface area contributed by atoms with E-state index in [0.717, 1.165) is 10.7 Å². The van der Waals surface area contributed by atoms with Crippen LogP contribution in [0.25, 0.3) is 4.96 Å². The van der Waals surface area contributed by atoms with Gasteiger partial charge in [-0.1, -0.05) is 19.9 Å². The van der Waals surface area contributed by atoms with E-state index in [1.807, 2.05) is 16.0 Å². The second-order valence-corrected chi connectivity index (χ2v) is 5.89. The molecule has 21 heavy (non-hydrogen) atoms. The molecule has 1 N–H and O–H groups in total. The summed E-state index contributed by atoms with van der Waals surface area (Å²) in [7, 11) is 0. The van der Waals surface area contributed by atoms with Crippen LogP contribution in [0.15, 0.2) is 35.8 Å². The van der Waals surface area contributed by atoms with Gasteiger partial charge >= 0.3 is 0 Å². The van der Waals surface area contributed by atoms with Crippen LogP contribution in [0.2, 0.25) is 0 Å². The number of aromatic nitrogens is 2. The quantitative estimate of drug-likeness (QED) is 0.778. The third-order valence-electron chi connectivity index (χ3n) is 3.01. The van der Waals surface area contributed by atoms with Gasteiger partial charge in [-0.2, -0.15) is 4.98 Å². The molecule has 0 saturated carbocycles. The molecule has 0 aliphatic carbocycles. The summed E-state index contributed by atoms with van der Waals surface area (Å²) in [5, 5.41) is 5.34. The molecule has 2 heterocycles. The molecule has 0 radical (unpaired) electrons. The fourth-order valence-corrected chi connectivity index (χ4v) is 2.72. The molecule has 4 nitrogen and oxygen atoms in total. The first-order valence-electron chi connectivity index (χ1n) is 6.74. The van der Waals surface area contributed by atoms with Crippen molar-refractivity contribution in [2.24, 2.45) is 0 Å².